The summed E-state index contributed by atoms with van der Waals surface area (Å²) in [5, 5.41) is 2.73. The summed E-state index contributed by atoms with van der Waals surface area (Å²) < 4.78 is 5.18. The molecule has 0 saturated heterocycles. The number of aryl methyl sites for hydroxylation is 1. The molecular formula is C16H16ClNO2. The maximum absolute atomic E-state index is 11.8. The fourth-order valence-corrected chi connectivity index (χ4v) is 2.22. The summed E-state index contributed by atoms with van der Waals surface area (Å²) in [6, 6.07) is 15.2. The first-order chi connectivity index (χ1) is 9.70. The van der Waals surface area contributed by atoms with Crippen LogP contribution in [0.3, 0.4) is 0 Å². The number of amides is 1. The molecule has 0 spiro atoms. The van der Waals surface area contributed by atoms with Crippen molar-refractivity contribution < 1.29 is 9.53 Å². The lowest BCUT2D eigenvalue weighted by Crippen LogP contribution is -2.14. The zero-order chi connectivity index (χ0) is 14.4. The zero-order valence-electron chi connectivity index (χ0n) is 11.2. The van der Waals surface area contributed by atoms with E-state index in [0.29, 0.717) is 11.6 Å². The Bertz CT molecular complexity index is 584. The van der Waals surface area contributed by atoms with Crippen LogP contribution in [-0.2, 0) is 17.2 Å². The molecule has 1 N–H and O–H groups in total. The van der Waals surface area contributed by atoms with E-state index in [9.17, 15) is 4.79 Å². The van der Waals surface area contributed by atoms with Crippen LogP contribution in [0.4, 0.5) is 10.5 Å². The summed E-state index contributed by atoms with van der Waals surface area (Å²) in [5.74, 6) is 0.348. The van der Waals surface area contributed by atoms with Gasteiger partial charge in [0.1, 0.15) is 6.61 Å². The maximum atomic E-state index is 11.8. The van der Waals surface area contributed by atoms with Crippen LogP contribution in [0, 0.1) is 6.92 Å². The Morgan fingerprint density at radius 2 is 1.90 bits per heavy atom. The van der Waals surface area contributed by atoms with Gasteiger partial charge in [0.05, 0.1) is 0 Å². The molecule has 0 saturated carbocycles. The Morgan fingerprint density at radius 1 is 1.15 bits per heavy atom. The maximum Gasteiger partial charge on any atom is 0.411 e. The smallest absolute Gasteiger partial charge is 0.411 e. The van der Waals surface area contributed by atoms with Gasteiger partial charge >= 0.3 is 6.09 Å². The van der Waals surface area contributed by atoms with Gasteiger partial charge in [-0.25, -0.2) is 4.79 Å². The van der Waals surface area contributed by atoms with Crippen LogP contribution in [0.25, 0.3) is 0 Å². The molecule has 0 fully saturated rings. The van der Waals surface area contributed by atoms with Gasteiger partial charge in [-0.1, -0.05) is 42.5 Å². The minimum atomic E-state index is -0.481. The number of rotatable bonds is 4. The predicted octanol–water partition coefficient (Wildman–Crippen LogP) is 4.48. The van der Waals surface area contributed by atoms with Gasteiger partial charge in [0.15, 0.2) is 0 Å². The highest BCUT2D eigenvalue weighted by Gasteiger charge is 2.09. The third kappa shape index (κ3) is 3.75. The number of carbonyl (C=O) groups is 1. The molecule has 0 aliphatic rings. The van der Waals surface area contributed by atoms with Gasteiger partial charge in [-0.15, -0.1) is 11.6 Å². The molecule has 4 heteroatoms. The van der Waals surface area contributed by atoms with Gasteiger partial charge in [-0.3, -0.25) is 5.32 Å². The Balaban J connectivity index is 1.97. The molecular weight excluding hydrogens is 274 g/mol. The molecule has 1 amide bonds. The van der Waals surface area contributed by atoms with Crippen LogP contribution < -0.4 is 5.32 Å². The van der Waals surface area contributed by atoms with Gasteiger partial charge in [0.2, 0.25) is 0 Å². The van der Waals surface area contributed by atoms with Crippen LogP contribution in [0.15, 0.2) is 48.5 Å². The molecule has 2 rings (SSSR count). The second-order valence-corrected chi connectivity index (χ2v) is 4.69. The number of halogens is 1. The fourth-order valence-electron chi connectivity index (χ4n) is 1.87. The topological polar surface area (TPSA) is 38.3 Å². The van der Waals surface area contributed by atoms with Crippen molar-refractivity contribution in [1.82, 2.24) is 0 Å². The van der Waals surface area contributed by atoms with Crippen LogP contribution >= 0.6 is 11.6 Å². The van der Waals surface area contributed by atoms with E-state index in [0.717, 1.165) is 16.7 Å². The van der Waals surface area contributed by atoms with Crippen LogP contribution in [0.5, 0.6) is 0 Å². The van der Waals surface area contributed by atoms with Gasteiger partial charge in [0.25, 0.3) is 0 Å². The normalized spacial score (nSPS) is 10.1. The van der Waals surface area contributed by atoms with Crippen molar-refractivity contribution in [3.63, 3.8) is 0 Å². The largest absolute Gasteiger partial charge is 0.444 e. The summed E-state index contributed by atoms with van der Waals surface area (Å²) >= 11 is 5.90. The standard InChI is InChI=1S/C16H16ClNO2/c1-12-6-5-9-15(14(12)10-17)18-16(19)20-11-13-7-3-2-4-8-13/h2-9H,10-11H2,1H3,(H,18,19). The molecule has 0 atom stereocenters. The highest BCUT2D eigenvalue weighted by molar-refractivity contribution is 6.17. The molecule has 0 unspecified atom stereocenters. The molecule has 0 heterocycles. The monoisotopic (exact) mass is 289 g/mol. The fraction of sp³-hybridized carbons (Fsp3) is 0.188. The molecule has 0 bridgehead atoms. The van der Waals surface area contributed by atoms with Crippen molar-refractivity contribution in [2.24, 2.45) is 0 Å². The lowest BCUT2D eigenvalue weighted by Gasteiger charge is -2.12. The third-order valence-corrected chi connectivity index (χ3v) is 3.26. The lowest BCUT2D eigenvalue weighted by atomic mass is 10.1. The second kappa shape index (κ2) is 6.96. The molecule has 2 aromatic carbocycles. The number of benzene rings is 2. The minimum absolute atomic E-state index is 0.245. The van der Waals surface area contributed by atoms with Gasteiger partial charge < -0.3 is 4.74 Å². The number of ether oxygens (including phenoxy) is 1. The number of nitrogens with one attached hydrogen (secondary N) is 1. The van der Waals surface area contributed by atoms with Crippen molar-refractivity contribution in [3.8, 4) is 0 Å². The Morgan fingerprint density at radius 3 is 2.60 bits per heavy atom. The van der Waals surface area contributed by atoms with Crippen LogP contribution in [0.2, 0.25) is 0 Å². The highest BCUT2D eigenvalue weighted by atomic mass is 35.5. The Kier molecular flexibility index (Phi) is 5.02. The molecule has 104 valence electrons. The van der Waals surface area contributed by atoms with E-state index in [1.165, 1.54) is 0 Å². The van der Waals surface area contributed by atoms with Crippen molar-refractivity contribution in [3.05, 3.63) is 65.2 Å². The molecule has 0 radical (unpaired) electrons. The summed E-state index contributed by atoms with van der Waals surface area (Å²) in [5.41, 5.74) is 3.59. The first-order valence-corrected chi connectivity index (χ1v) is 6.86. The van der Waals surface area contributed by atoms with E-state index >= 15 is 0 Å². The second-order valence-electron chi connectivity index (χ2n) is 4.42. The summed E-state index contributed by atoms with van der Waals surface area (Å²) in [6.07, 6.45) is -0.481. The van der Waals surface area contributed by atoms with Crippen molar-refractivity contribution in [2.45, 2.75) is 19.4 Å². The lowest BCUT2D eigenvalue weighted by molar-refractivity contribution is 0.155. The van der Waals surface area contributed by atoms with Crippen LogP contribution in [0.1, 0.15) is 16.7 Å². The average Bonchev–Trinajstić information content (AvgIpc) is 2.46. The molecule has 0 aromatic heterocycles. The summed E-state index contributed by atoms with van der Waals surface area (Å²) in [6.45, 7) is 2.20. The van der Waals surface area contributed by atoms with E-state index in [1.807, 2.05) is 55.5 Å². The van der Waals surface area contributed by atoms with E-state index in [2.05, 4.69) is 5.32 Å². The summed E-state index contributed by atoms with van der Waals surface area (Å²) in [4.78, 5) is 11.8. The minimum Gasteiger partial charge on any atom is -0.444 e. The van der Waals surface area contributed by atoms with Gasteiger partial charge in [0, 0.05) is 11.6 Å². The number of hydrogen-bond donors (Lipinski definition) is 1. The van der Waals surface area contributed by atoms with E-state index in [4.69, 9.17) is 16.3 Å². The first kappa shape index (κ1) is 14.4. The van der Waals surface area contributed by atoms with Crippen molar-refractivity contribution in [1.29, 1.82) is 0 Å². The zero-order valence-corrected chi connectivity index (χ0v) is 12.0. The quantitative estimate of drug-likeness (QED) is 0.843. The molecule has 3 nitrogen and oxygen atoms in total. The number of anilines is 1. The van der Waals surface area contributed by atoms with E-state index in [1.54, 1.807) is 0 Å². The van der Waals surface area contributed by atoms with Crippen molar-refractivity contribution >= 4 is 23.4 Å². The molecule has 20 heavy (non-hydrogen) atoms. The van der Waals surface area contributed by atoms with Crippen molar-refractivity contribution in [2.75, 3.05) is 5.32 Å². The van der Waals surface area contributed by atoms with Gasteiger partial charge in [-0.2, -0.15) is 0 Å². The third-order valence-electron chi connectivity index (χ3n) is 2.99. The molecule has 0 aliphatic heterocycles. The van der Waals surface area contributed by atoms with E-state index in [-0.39, 0.29) is 6.61 Å². The predicted molar refractivity (Wildman–Crippen MR) is 81.0 cm³/mol. The summed E-state index contributed by atoms with van der Waals surface area (Å²) in [7, 11) is 0. The average molecular weight is 290 g/mol. The van der Waals surface area contributed by atoms with Crippen LogP contribution in [-0.4, -0.2) is 6.09 Å². The number of hydrogen-bond acceptors (Lipinski definition) is 2. The first-order valence-electron chi connectivity index (χ1n) is 6.33. The number of carbonyl (C=O) groups excluding carboxylic acids is 1. The molecule has 2 aromatic rings. The molecule has 0 aliphatic carbocycles. The highest BCUT2D eigenvalue weighted by Crippen LogP contribution is 2.21. The van der Waals surface area contributed by atoms with E-state index < -0.39 is 6.09 Å². The Labute approximate surface area is 123 Å². The number of alkyl halides is 1. The Hall–Kier alpha value is -2.00. The SMILES string of the molecule is Cc1cccc(NC(=O)OCc2ccccc2)c1CCl. The van der Waals surface area contributed by atoms with Gasteiger partial charge in [-0.05, 0) is 29.7 Å².